The third-order valence-corrected chi connectivity index (χ3v) is 3.35. The number of benzene rings is 1. The van der Waals surface area contributed by atoms with E-state index in [1.165, 1.54) is 6.92 Å². The van der Waals surface area contributed by atoms with Crippen molar-refractivity contribution in [2.45, 2.75) is 26.4 Å². The normalized spacial score (nSPS) is 12.6. The van der Waals surface area contributed by atoms with Gasteiger partial charge in [0.05, 0.1) is 23.7 Å². The van der Waals surface area contributed by atoms with Crippen LogP contribution in [0.4, 0.5) is 8.78 Å². The lowest BCUT2D eigenvalue weighted by Gasteiger charge is -2.24. The van der Waals surface area contributed by atoms with Crippen LogP contribution in [-0.4, -0.2) is 46.5 Å². The molecular weight excluding hydrogens is 290 g/mol. The molecule has 1 heterocycles. The zero-order valence-corrected chi connectivity index (χ0v) is 12.5. The lowest BCUT2D eigenvalue weighted by atomic mass is 10.0. The summed E-state index contributed by atoms with van der Waals surface area (Å²) >= 11 is 0. The van der Waals surface area contributed by atoms with E-state index in [0.717, 1.165) is 15.8 Å². The molecule has 0 spiro atoms. The van der Waals surface area contributed by atoms with E-state index in [4.69, 9.17) is 0 Å². The van der Waals surface area contributed by atoms with Crippen LogP contribution in [-0.2, 0) is 0 Å². The van der Waals surface area contributed by atoms with Crippen molar-refractivity contribution in [1.29, 1.82) is 0 Å². The topological polar surface area (TPSA) is 53.4 Å². The first kappa shape index (κ1) is 16.3. The molecule has 2 aromatic rings. The van der Waals surface area contributed by atoms with E-state index in [2.05, 4.69) is 4.98 Å². The van der Waals surface area contributed by atoms with E-state index in [-0.39, 0.29) is 12.1 Å². The number of aryl methyl sites for hydroxylation is 1. The highest BCUT2D eigenvalue weighted by molar-refractivity contribution is 6.06. The van der Waals surface area contributed by atoms with Crippen LogP contribution in [0.5, 0.6) is 0 Å². The maximum atomic E-state index is 12.7. The molecule has 0 radical (unpaired) electrons. The minimum absolute atomic E-state index is 0.147. The van der Waals surface area contributed by atoms with E-state index in [0.29, 0.717) is 5.52 Å². The smallest absolute Gasteiger partial charge is 0.256 e. The number of carbonyl (C=O) groups is 1. The Morgan fingerprint density at radius 3 is 2.68 bits per heavy atom. The van der Waals surface area contributed by atoms with Crippen LogP contribution in [0.25, 0.3) is 10.9 Å². The number of aliphatic hydroxyl groups is 1. The second-order valence-electron chi connectivity index (χ2n) is 5.28. The molecule has 6 heteroatoms. The summed E-state index contributed by atoms with van der Waals surface area (Å²) in [6.45, 7) is 2.49. The molecular formula is C16H18F2N2O2. The average Bonchev–Trinajstić information content (AvgIpc) is 2.46. The fraction of sp³-hybridized carbons (Fsp3) is 0.375. The Bertz CT molecular complexity index is 664. The van der Waals surface area contributed by atoms with Gasteiger partial charge in [-0.3, -0.25) is 9.78 Å². The predicted molar refractivity (Wildman–Crippen MR) is 80.1 cm³/mol. The number of hydrogen-bond donors (Lipinski definition) is 1. The molecule has 0 aliphatic heterocycles. The van der Waals surface area contributed by atoms with Gasteiger partial charge in [-0.2, -0.15) is 0 Å². The Balaban J connectivity index is 2.44. The molecule has 2 rings (SSSR count). The van der Waals surface area contributed by atoms with Crippen molar-refractivity contribution in [3.8, 4) is 0 Å². The van der Waals surface area contributed by atoms with E-state index in [1.54, 1.807) is 24.4 Å². The number of aromatic nitrogens is 1. The second-order valence-corrected chi connectivity index (χ2v) is 5.28. The zero-order valence-electron chi connectivity index (χ0n) is 12.5. The predicted octanol–water partition coefficient (Wildman–Crippen LogP) is 2.63. The largest absolute Gasteiger partial charge is 0.392 e. The third kappa shape index (κ3) is 3.57. The standard InChI is InChI=1S/C16H18F2N2O2/c1-10-5-6-13(15-12(10)4-3-7-19-15)16(22)20(8-11(2)21)9-14(17)18/h3-7,11,14,21H,8-9H2,1-2H3. The number of hydrogen-bond acceptors (Lipinski definition) is 3. The molecule has 0 fully saturated rings. The number of nitrogens with zero attached hydrogens (tertiary/aromatic N) is 2. The molecule has 0 bridgehead atoms. The summed E-state index contributed by atoms with van der Waals surface area (Å²) in [6.07, 6.45) is -1.98. The summed E-state index contributed by atoms with van der Waals surface area (Å²) in [6, 6.07) is 6.95. The van der Waals surface area contributed by atoms with Crippen LogP contribution < -0.4 is 0 Å². The van der Waals surface area contributed by atoms with Crippen LogP contribution in [0, 0.1) is 6.92 Å². The Hall–Kier alpha value is -2.08. The molecule has 1 aromatic heterocycles. The third-order valence-electron chi connectivity index (χ3n) is 3.35. The van der Waals surface area contributed by atoms with Crippen molar-refractivity contribution in [3.63, 3.8) is 0 Å². The zero-order chi connectivity index (χ0) is 16.3. The van der Waals surface area contributed by atoms with Gasteiger partial charge >= 0.3 is 0 Å². The summed E-state index contributed by atoms with van der Waals surface area (Å²) in [7, 11) is 0. The number of fused-ring (bicyclic) bond motifs is 1. The Morgan fingerprint density at radius 2 is 2.05 bits per heavy atom. The minimum atomic E-state index is -2.66. The number of amides is 1. The van der Waals surface area contributed by atoms with Crippen LogP contribution >= 0.6 is 0 Å². The Kier molecular flexibility index (Phi) is 5.03. The summed E-state index contributed by atoms with van der Waals surface area (Å²) in [5.74, 6) is -0.551. The van der Waals surface area contributed by atoms with Crippen LogP contribution in [0.1, 0.15) is 22.8 Å². The highest BCUT2D eigenvalue weighted by Crippen LogP contribution is 2.22. The van der Waals surface area contributed by atoms with Gasteiger partial charge in [0.25, 0.3) is 12.3 Å². The van der Waals surface area contributed by atoms with Gasteiger partial charge in [-0.05, 0) is 31.5 Å². The molecule has 0 saturated carbocycles. The molecule has 1 amide bonds. The molecule has 0 aliphatic carbocycles. The van der Waals surface area contributed by atoms with Crippen molar-refractivity contribution >= 4 is 16.8 Å². The first-order valence-corrected chi connectivity index (χ1v) is 7.00. The number of pyridine rings is 1. The number of halogens is 2. The van der Waals surface area contributed by atoms with Gasteiger partial charge in [0.1, 0.15) is 0 Å². The molecule has 1 atom stereocenters. The molecule has 0 aliphatic rings. The first-order chi connectivity index (χ1) is 10.4. The summed E-state index contributed by atoms with van der Waals surface area (Å²) in [5.41, 5.74) is 1.70. The van der Waals surface area contributed by atoms with Gasteiger partial charge in [0.2, 0.25) is 0 Å². The summed E-state index contributed by atoms with van der Waals surface area (Å²) in [4.78, 5) is 17.8. The molecule has 4 nitrogen and oxygen atoms in total. The van der Waals surface area contributed by atoms with E-state index < -0.39 is 25.0 Å². The minimum Gasteiger partial charge on any atom is -0.392 e. The Morgan fingerprint density at radius 1 is 1.32 bits per heavy atom. The number of alkyl halides is 2. The average molecular weight is 308 g/mol. The molecule has 118 valence electrons. The summed E-state index contributed by atoms with van der Waals surface area (Å²) in [5, 5.41) is 10.2. The molecule has 0 saturated heterocycles. The van der Waals surface area contributed by atoms with Gasteiger partial charge in [-0.15, -0.1) is 0 Å². The highest BCUT2D eigenvalue weighted by Gasteiger charge is 2.23. The summed E-state index contributed by atoms with van der Waals surface area (Å²) < 4.78 is 25.4. The highest BCUT2D eigenvalue weighted by atomic mass is 19.3. The fourth-order valence-corrected chi connectivity index (χ4v) is 2.38. The van der Waals surface area contributed by atoms with Gasteiger partial charge < -0.3 is 10.0 Å². The quantitative estimate of drug-likeness (QED) is 0.924. The first-order valence-electron chi connectivity index (χ1n) is 7.00. The van der Waals surface area contributed by atoms with E-state index in [1.807, 2.05) is 13.0 Å². The van der Waals surface area contributed by atoms with Crippen LogP contribution in [0.3, 0.4) is 0 Å². The lowest BCUT2D eigenvalue weighted by Crippen LogP contribution is -2.39. The van der Waals surface area contributed by atoms with Crippen molar-refractivity contribution in [2.75, 3.05) is 13.1 Å². The number of carbonyl (C=O) groups excluding carboxylic acids is 1. The second kappa shape index (κ2) is 6.79. The fourth-order valence-electron chi connectivity index (χ4n) is 2.38. The number of rotatable bonds is 5. The molecule has 1 N–H and O–H groups in total. The molecule has 1 aromatic carbocycles. The molecule has 22 heavy (non-hydrogen) atoms. The van der Waals surface area contributed by atoms with Crippen molar-refractivity contribution < 1.29 is 18.7 Å². The van der Waals surface area contributed by atoms with Gasteiger partial charge in [-0.25, -0.2) is 8.78 Å². The van der Waals surface area contributed by atoms with E-state index >= 15 is 0 Å². The van der Waals surface area contributed by atoms with Crippen LogP contribution in [0.2, 0.25) is 0 Å². The van der Waals surface area contributed by atoms with Gasteiger partial charge in [-0.1, -0.05) is 12.1 Å². The van der Waals surface area contributed by atoms with Crippen molar-refractivity contribution in [2.24, 2.45) is 0 Å². The van der Waals surface area contributed by atoms with Gasteiger partial charge in [0.15, 0.2) is 0 Å². The van der Waals surface area contributed by atoms with Crippen molar-refractivity contribution in [3.05, 3.63) is 41.6 Å². The maximum absolute atomic E-state index is 12.7. The van der Waals surface area contributed by atoms with Gasteiger partial charge in [0, 0.05) is 18.1 Å². The Labute approximate surface area is 127 Å². The van der Waals surface area contributed by atoms with E-state index in [9.17, 15) is 18.7 Å². The van der Waals surface area contributed by atoms with Crippen LogP contribution in [0.15, 0.2) is 30.5 Å². The monoisotopic (exact) mass is 308 g/mol. The number of aliphatic hydroxyl groups excluding tert-OH is 1. The maximum Gasteiger partial charge on any atom is 0.256 e. The SMILES string of the molecule is Cc1ccc(C(=O)N(CC(C)O)CC(F)F)c2ncccc12. The lowest BCUT2D eigenvalue weighted by molar-refractivity contribution is 0.0421. The van der Waals surface area contributed by atoms with Crippen molar-refractivity contribution in [1.82, 2.24) is 9.88 Å². The molecule has 1 unspecified atom stereocenters.